The smallest absolute Gasteiger partial charge is 0.260 e. The molecule has 0 aromatic carbocycles. The minimum Gasteiger partial charge on any atom is -0.335 e. The van der Waals surface area contributed by atoms with E-state index < -0.39 is 10.0 Å². The van der Waals surface area contributed by atoms with Crippen molar-refractivity contribution in [2.75, 3.05) is 7.05 Å². The first-order valence-electron chi connectivity index (χ1n) is 5.09. The van der Waals surface area contributed by atoms with E-state index in [9.17, 15) is 8.42 Å². The zero-order valence-corrected chi connectivity index (χ0v) is 9.50. The molecule has 1 fully saturated rings. The highest BCUT2D eigenvalue weighted by molar-refractivity contribution is 7.89. The van der Waals surface area contributed by atoms with Crippen LogP contribution in [0.5, 0.6) is 0 Å². The molecule has 0 atom stereocenters. The summed E-state index contributed by atoms with van der Waals surface area (Å²) in [6, 6.07) is 0.151. The molecule has 0 radical (unpaired) electrons. The number of nitrogens with one attached hydrogen (secondary N) is 1. The normalized spacial score (nSPS) is 18.8. The molecule has 1 aromatic rings. The van der Waals surface area contributed by atoms with Gasteiger partial charge in [0.05, 0.1) is 12.5 Å². The van der Waals surface area contributed by atoms with E-state index in [1.807, 2.05) is 0 Å². The fourth-order valence-electron chi connectivity index (χ4n) is 2.00. The summed E-state index contributed by atoms with van der Waals surface area (Å²) in [4.78, 5) is 6.38. The van der Waals surface area contributed by atoms with Crippen LogP contribution in [0.4, 0.5) is 0 Å². The first-order chi connectivity index (χ1) is 7.12. The molecule has 0 aliphatic heterocycles. The third-order valence-corrected chi connectivity index (χ3v) is 4.80. The second kappa shape index (κ2) is 3.94. The van der Waals surface area contributed by atoms with Crippen molar-refractivity contribution >= 4 is 10.0 Å². The molecule has 1 saturated carbocycles. The molecule has 0 bridgehead atoms. The highest BCUT2D eigenvalue weighted by atomic mass is 32.2. The molecule has 5 nitrogen and oxygen atoms in total. The molecule has 1 aromatic heterocycles. The number of hydrogen-bond donors (Lipinski definition) is 1. The second-order valence-electron chi connectivity index (χ2n) is 3.88. The van der Waals surface area contributed by atoms with Crippen LogP contribution < -0.4 is 0 Å². The lowest BCUT2D eigenvalue weighted by Gasteiger charge is -2.22. The Bertz CT molecular complexity index is 407. The lowest BCUT2D eigenvalue weighted by Crippen LogP contribution is -2.35. The number of rotatable bonds is 3. The van der Waals surface area contributed by atoms with Gasteiger partial charge in [0.2, 0.25) is 0 Å². The molecular formula is C9H15N3O2S. The Morgan fingerprint density at radius 2 is 2.13 bits per heavy atom. The standard InChI is InChI=1S/C9H15N3O2S/c1-12(8-4-2-3-5-8)15(13,14)9-6-10-7-11-9/h6-8H,2-5H2,1H3,(H,10,11). The van der Waals surface area contributed by atoms with Gasteiger partial charge >= 0.3 is 0 Å². The molecule has 2 rings (SSSR count). The molecule has 84 valence electrons. The highest BCUT2D eigenvalue weighted by Gasteiger charge is 2.30. The first-order valence-corrected chi connectivity index (χ1v) is 6.53. The van der Waals surface area contributed by atoms with E-state index in [0.717, 1.165) is 25.7 Å². The summed E-state index contributed by atoms with van der Waals surface area (Å²) in [5.41, 5.74) is 0. The van der Waals surface area contributed by atoms with Gasteiger partial charge in [-0.1, -0.05) is 12.8 Å². The summed E-state index contributed by atoms with van der Waals surface area (Å²) < 4.78 is 25.5. The Labute approximate surface area is 89.6 Å². The van der Waals surface area contributed by atoms with Crippen LogP contribution in [0.25, 0.3) is 0 Å². The zero-order valence-electron chi connectivity index (χ0n) is 8.68. The average Bonchev–Trinajstić information content (AvgIpc) is 2.89. The first kappa shape index (κ1) is 10.6. The summed E-state index contributed by atoms with van der Waals surface area (Å²) >= 11 is 0. The molecule has 1 aliphatic carbocycles. The molecule has 0 spiro atoms. The summed E-state index contributed by atoms with van der Waals surface area (Å²) in [6.45, 7) is 0. The monoisotopic (exact) mass is 229 g/mol. The number of aromatic nitrogens is 2. The lowest BCUT2D eigenvalue weighted by atomic mass is 10.3. The van der Waals surface area contributed by atoms with Crippen LogP contribution in [-0.4, -0.2) is 35.8 Å². The van der Waals surface area contributed by atoms with Crippen molar-refractivity contribution < 1.29 is 8.42 Å². The van der Waals surface area contributed by atoms with E-state index in [4.69, 9.17) is 0 Å². The molecule has 15 heavy (non-hydrogen) atoms. The van der Waals surface area contributed by atoms with Gasteiger partial charge in [-0.3, -0.25) is 0 Å². The summed E-state index contributed by atoms with van der Waals surface area (Å²) in [6.07, 6.45) is 6.89. The Morgan fingerprint density at radius 1 is 1.47 bits per heavy atom. The Hall–Kier alpha value is -0.880. The fourth-order valence-corrected chi connectivity index (χ4v) is 3.31. The van der Waals surface area contributed by atoms with Crippen LogP contribution in [0.2, 0.25) is 0 Å². The maximum atomic E-state index is 12.0. The number of imidazole rings is 1. The summed E-state index contributed by atoms with van der Waals surface area (Å²) in [7, 11) is -1.72. The third-order valence-electron chi connectivity index (χ3n) is 2.97. The molecule has 1 heterocycles. The maximum Gasteiger partial charge on any atom is 0.260 e. The Balaban J connectivity index is 2.22. The zero-order chi connectivity index (χ0) is 10.9. The second-order valence-corrected chi connectivity index (χ2v) is 5.84. The topological polar surface area (TPSA) is 66.1 Å². The van der Waals surface area contributed by atoms with Crippen molar-refractivity contribution in [3.8, 4) is 0 Å². The van der Waals surface area contributed by atoms with Crippen LogP contribution in [0.15, 0.2) is 17.6 Å². The number of sulfonamides is 1. The van der Waals surface area contributed by atoms with E-state index in [-0.39, 0.29) is 11.1 Å². The molecule has 0 saturated heterocycles. The molecule has 0 amide bonds. The van der Waals surface area contributed by atoms with Crippen molar-refractivity contribution in [3.05, 3.63) is 12.5 Å². The number of aromatic amines is 1. The molecule has 6 heteroatoms. The van der Waals surface area contributed by atoms with Gasteiger partial charge in [0.25, 0.3) is 10.0 Å². The molecule has 0 unspecified atom stereocenters. The third kappa shape index (κ3) is 1.91. The predicted molar refractivity (Wildman–Crippen MR) is 55.8 cm³/mol. The van der Waals surface area contributed by atoms with Crippen molar-refractivity contribution in [2.24, 2.45) is 0 Å². The van der Waals surface area contributed by atoms with Gasteiger partial charge in [-0.15, -0.1) is 0 Å². The highest BCUT2D eigenvalue weighted by Crippen LogP contribution is 2.26. The van der Waals surface area contributed by atoms with Crippen molar-refractivity contribution in [3.63, 3.8) is 0 Å². The largest absolute Gasteiger partial charge is 0.335 e. The minimum absolute atomic E-state index is 0.151. The van der Waals surface area contributed by atoms with Gasteiger partial charge in [-0.2, -0.15) is 4.31 Å². The van der Waals surface area contributed by atoms with Gasteiger partial charge in [0.15, 0.2) is 5.03 Å². The predicted octanol–water partition coefficient (Wildman–Crippen LogP) is 0.973. The van der Waals surface area contributed by atoms with Crippen LogP contribution >= 0.6 is 0 Å². The minimum atomic E-state index is -3.36. The molecular weight excluding hydrogens is 214 g/mol. The van der Waals surface area contributed by atoms with Crippen molar-refractivity contribution in [1.82, 2.24) is 14.3 Å². The molecule has 1 N–H and O–H groups in total. The number of H-pyrrole nitrogens is 1. The lowest BCUT2D eigenvalue weighted by molar-refractivity contribution is 0.372. The van der Waals surface area contributed by atoms with E-state index in [1.165, 1.54) is 16.8 Å². The van der Waals surface area contributed by atoms with Gasteiger partial charge in [0.1, 0.15) is 0 Å². The average molecular weight is 229 g/mol. The SMILES string of the molecule is CN(C1CCCC1)S(=O)(=O)c1cnc[nH]1. The summed E-state index contributed by atoms with van der Waals surface area (Å²) in [5, 5.41) is 0.178. The van der Waals surface area contributed by atoms with Crippen LogP contribution in [0.3, 0.4) is 0 Å². The summed E-state index contributed by atoms with van der Waals surface area (Å²) in [5.74, 6) is 0. The Morgan fingerprint density at radius 3 is 2.67 bits per heavy atom. The van der Waals surface area contributed by atoms with Gasteiger partial charge in [-0.25, -0.2) is 13.4 Å². The van der Waals surface area contributed by atoms with Crippen LogP contribution in [0.1, 0.15) is 25.7 Å². The van der Waals surface area contributed by atoms with E-state index >= 15 is 0 Å². The van der Waals surface area contributed by atoms with Gasteiger partial charge in [-0.05, 0) is 12.8 Å². The van der Waals surface area contributed by atoms with Crippen LogP contribution in [-0.2, 0) is 10.0 Å². The van der Waals surface area contributed by atoms with Crippen LogP contribution in [0, 0.1) is 0 Å². The Kier molecular flexibility index (Phi) is 2.79. The number of hydrogen-bond acceptors (Lipinski definition) is 3. The van der Waals surface area contributed by atoms with Gasteiger partial charge < -0.3 is 4.98 Å². The molecule has 1 aliphatic rings. The van der Waals surface area contributed by atoms with Gasteiger partial charge in [0, 0.05) is 13.1 Å². The number of nitrogens with zero attached hydrogens (tertiary/aromatic N) is 2. The van der Waals surface area contributed by atoms with Crippen molar-refractivity contribution in [1.29, 1.82) is 0 Å². The quantitative estimate of drug-likeness (QED) is 0.840. The fraction of sp³-hybridized carbons (Fsp3) is 0.667. The van der Waals surface area contributed by atoms with E-state index in [1.54, 1.807) is 7.05 Å². The van der Waals surface area contributed by atoms with E-state index in [0.29, 0.717) is 0 Å². The van der Waals surface area contributed by atoms with E-state index in [2.05, 4.69) is 9.97 Å². The maximum absolute atomic E-state index is 12.0. The van der Waals surface area contributed by atoms with Crippen molar-refractivity contribution in [2.45, 2.75) is 36.8 Å².